The van der Waals surface area contributed by atoms with Crippen LogP contribution in [-0.2, 0) is 0 Å². The van der Waals surface area contributed by atoms with Gasteiger partial charge in [0.2, 0.25) is 0 Å². The van der Waals surface area contributed by atoms with Crippen molar-refractivity contribution in [3.63, 3.8) is 0 Å². The van der Waals surface area contributed by atoms with E-state index in [1.165, 1.54) is 0 Å². The summed E-state index contributed by atoms with van der Waals surface area (Å²) in [5, 5.41) is 12.5. The van der Waals surface area contributed by atoms with Crippen LogP contribution in [0.2, 0.25) is 0 Å². The molecule has 6 heteroatoms. The SMILES string of the molecule is COc1cccc(Oc2ccc(NC(=O)N3CCCCC[C@H]3CO)cc2)c1. The Bertz CT molecular complexity index is 748. The molecule has 27 heavy (non-hydrogen) atoms. The molecule has 2 amide bonds. The molecule has 3 rings (SSSR count). The Hall–Kier alpha value is -2.73. The highest BCUT2D eigenvalue weighted by Gasteiger charge is 2.24. The van der Waals surface area contributed by atoms with Crippen LogP contribution in [0.15, 0.2) is 48.5 Å². The van der Waals surface area contributed by atoms with E-state index in [4.69, 9.17) is 9.47 Å². The zero-order valence-corrected chi connectivity index (χ0v) is 15.6. The summed E-state index contributed by atoms with van der Waals surface area (Å²) in [5.41, 5.74) is 0.693. The Labute approximate surface area is 159 Å². The molecule has 0 unspecified atom stereocenters. The van der Waals surface area contributed by atoms with Gasteiger partial charge in [-0.05, 0) is 49.2 Å². The number of rotatable bonds is 5. The third-order valence-electron chi connectivity index (χ3n) is 4.73. The number of aliphatic hydroxyl groups is 1. The minimum absolute atomic E-state index is 0.000730. The lowest BCUT2D eigenvalue weighted by molar-refractivity contribution is 0.142. The lowest BCUT2D eigenvalue weighted by Crippen LogP contribution is -2.44. The summed E-state index contributed by atoms with van der Waals surface area (Å²) in [7, 11) is 1.61. The first kappa shape index (κ1) is 19.0. The lowest BCUT2D eigenvalue weighted by atomic mass is 10.1. The molecule has 1 heterocycles. The molecule has 0 spiro atoms. The van der Waals surface area contributed by atoms with E-state index in [9.17, 15) is 9.90 Å². The van der Waals surface area contributed by atoms with Crippen LogP contribution >= 0.6 is 0 Å². The minimum Gasteiger partial charge on any atom is -0.497 e. The van der Waals surface area contributed by atoms with Crippen LogP contribution in [0.4, 0.5) is 10.5 Å². The maximum Gasteiger partial charge on any atom is 0.322 e. The number of methoxy groups -OCH3 is 1. The largest absolute Gasteiger partial charge is 0.497 e. The summed E-state index contributed by atoms with van der Waals surface area (Å²) in [5.74, 6) is 2.08. The van der Waals surface area contributed by atoms with Gasteiger partial charge in [0.15, 0.2) is 0 Å². The van der Waals surface area contributed by atoms with Crippen LogP contribution in [0.1, 0.15) is 25.7 Å². The summed E-state index contributed by atoms with van der Waals surface area (Å²) in [6.45, 7) is 0.675. The summed E-state index contributed by atoms with van der Waals surface area (Å²) in [6, 6.07) is 14.3. The highest BCUT2D eigenvalue weighted by molar-refractivity contribution is 5.89. The number of urea groups is 1. The van der Waals surface area contributed by atoms with Crippen LogP contribution in [-0.4, -0.2) is 42.3 Å². The van der Waals surface area contributed by atoms with E-state index in [0.29, 0.717) is 23.7 Å². The molecule has 2 aromatic rings. The van der Waals surface area contributed by atoms with E-state index in [0.717, 1.165) is 31.4 Å². The first-order valence-electron chi connectivity index (χ1n) is 9.30. The normalized spacial score (nSPS) is 17.1. The zero-order valence-electron chi connectivity index (χ0n) is 15.6. The van der Waals surface area contributed by atoms with E-state index in [-0.39, 0.29) is 18.7 Å². The van der Waals surface area contributed by atoms with Gasteiger partial charge in [-0.1, -0.05) is 18.9 Å². The summed E-state index contributed by atoms with van der Waals surface area (Å²) in [4.78, 5) is 14.3. The number of carbonyl (C=O) groups excluding carboxylic acids is 1. The zero-order chi connectivity index (χ0) is 19.1. The first-order chi connectivity index (χ1) is 13.2. The topological polar surface area (TPSA) is 71.0 Å². The van der Waals surface area contributed by atoms with Crippen molar-refractivity contribution in [3.05, 3.63) is 48.5 Å². The van der Waals surface area contributed by atoms with Gasteiger partial charge < -0.3 is 24.8 Å². The summed E-state index contributed by atoms with van der Waals surface area (Å²) in [6.07, 6.45) is 3.95. The molecular weight excluding hydrogens is 344 g/mol. The fraction of sp³-hybridized carbons (Fsp3) is 0.381. The van der Waals surface area contributed by atoms with Crippen LogP contribution in [0.25, 0.3) is 0 Å². The smallest absolute Gasteiger partial charge is 0.322 e. The van der Waals surface area contributed by atoms with Crippen molar-refractivity contribution in [2.75, 3.05) is 25.6 Å². The first-order valence-corrected chi connectivity index (χ1v) is 9.30. The molecule has 1 fully saturated rings. The van der Waals surface area contributed by atoms with Crippen LogP contribution < -0.4 is 14.8 Å². The van der Waals surface area contributed by atoms with E-state index in [1.807, 2.05) is 24.3 Å². The Morgan fingerprint density at radius 1 is 1.11 bits per heavy atom. The quantitative estimate of drug-likeness (QED) is 0.825. The average Bonchev–Trinajstić information content (AvgIpc) is 2.95. The number of amides is 2. The molecule has 1 saturated heterocycles. The number of nitrogens with one attached hydrogen (secondary N) is 1. The highest BCUT2D eigenvalue weighted by Crippen LogP contribution is 2.26. The molecule has 0 radical (unpaired) electrons. The third kappa shape index (κ3) is 5.14. The van der Waals surface area contributed by atoms with E-state index in [1.54, 1.807) is 36.3 Å². The van der Waals surface area contributed by atoms with Gasteiger partial charge in [0.25, 0.3) is 0 Å². The summed E-state index contributed by atoms with van der Waals surface area (Å²) >= 11 is 0. The van der Waals surface area contributed by atoms with Crippen molar-refractivity contribution in [3.8, 4) is 17.2 Å². The van der Waals surface area contributed by atoms with E-state index in [2.05, 4.69) is 5.32 Å². The number of anilines is 1. The number of aliphatic hydroxyl groups excluding tert-OH is 1. The van der Waals surface area contributed by atoms with Crippen molar-refractivity contribution >= 4 is 11.7 Å². The van der Waals surface area contributed by atoms with E-state index >= 15 is 0 Å². The number of nitrogens with zero attached hydrogens (tertiary/aromatic N) is 1. The van der Waals surface area contributed by atoms with E-state index < -0.39 is 0 Å². The molecule has 144 valence electrons. The van der Waals surface area contributed by atoms with Crippen molar-refractivity contribution in [1.82, 2.24) is 4.90 Å². The molecule has 1 aliphatic rings. The second kappa shape index (κ2) is 9.28. The van der Waals surface area contributed by atoms with Gasteiger partial charge >= 0.3 is 6.03 Å². The molecule has 0 saturated carbocycles. The number of benzene rings is 2. The fourth-order valence-corrected chi connectivity index (χ4v) is 3.24. The molecule has 2 aromatic carbocycles. The number of ether oxygens (including phenoxy) is 2. The number of hydrogen-bond donors (Lipinski definition) is 2. The predicted molar refractivity (Wildman–Crippen MR) is 105 cm³/mol. The van der Waals surface area contributed by atoms with Crippen molar-refractivity contribution in [2.24, 2.45) is 0 Å². The predicted octanol–water partition coefficient (Wildman–Crippen LogP) is 4.26. The molecular formula is C21H26N2O4. The van der Waals surface area contributed by atoms with Crippen LogP contribution in [0, 0.1) is 0 Å². The van der Waals surface area contributed by atoms with Gasteiger partial charge in [0, 0.05) is 18.3 Å². The maximum absolute atomic E-state index is 12.6. The number of likely N-dealkylation sites (tertiary alicyclic amines) is 1. The Balaban J connectivity index is 1.62. The lowest BCUT2D eigenvalue weighted by Gasteiger charge is -2.28. The van der Waals surface area contributed by atoms with Gasteiger partial charge in [-0.15, -0.1) is 0 Å². The fourth-order valence-electron chi connectivity index (χ4n) is 3.24. The number of carbonyl (C=O) groups is 1. The van der Waals surface area contributed by atoms with Crippen LogP contribution in [0.5, 0.6) is 17.2 Å². The summed E-state index contributed by atoms with van der Waals surface area (Å²) < 4.78 is 11.0. The van der Waals surface area contributed by atoms with Crippen molar-refractivity contribution < 1.29 is 19.4 Å². The monoisotopic (exact) mass is 370 g/mol. The second-order valence-electron chi connectivity index (χ2n) is 6.61. The Kier molecular flexibility index (Phi) is 6.54. The Morgan fingerprint density at radius 2 is 1.89 bits per heavy atom. The van der Waals surface area contributed by atoms with Gasteiger partial charge in [-0.2, -0.15) is 0 Å². The average molecular weight is 370 g/mol. The molecule has 0 aromatic heterocycles. The van der Waals surface area contributed by atoms with Gasteiger partial charge in [0.05, 0.1) is 19.8 Å². The minimum atomic E-state index is -0.169. The van der Waals surface area contributed by atoms with Gasteiger partial charge in [-0.3, -0.25) is 0 Å². The highest BCUT2D eigenvalue weighted by atomic mass is 16.5. The standard InChI is InChI=1S/C21H26N2O4/c1-26-19-7-5-8-20(14-19)27-18-11-9-16(10-12-18)22-21(25)23-13-4-2-3-6-17(23)15-24/h5,7-12,14,17,24H,2-4,6,13,15H2,1H3,(H,22,25)/t17-/m0/s1. The van der Waals surface area contributed by atoms with Gasteiger partial charge in [0.1, 0.15) is 17.2 Å². The molecule has 6 nitrogen and oxygen atoms in total. The second-order valence-corrected chi connectivity index (χ2v) is 6.61. The maximum atomic E-state index is 12.6. The van der Waals surface area contributed by atoms with Crippen molar-refractivity contribution in [2.45, 2.75) is 31.7 Å². The molecule has 0 bridgehead atoms. The Morgan fingerprint density at radius 3 is 2.63 bits per heavy atom. The molecule has 1 atom stereocenters. The number of hydrogen-bond acceptors (Lipinski definition) is 4. The van der Waals surface area contributed by atoms with Gasteiger partial charge in [-0.25, -0.2) is 4.79 Å². The molecule has 0 aliphatic carbocycles. The van der Waals surface area contributed by atoms with Crippen molar-refractivity contribution in [1.29, 1.82) is 0 Å². The molecule has 1 aliphatic heterocycles. The third-order valence-corrected chi connectivity index (χ3v) is 4.73. The van der Waals surface area contributed by atoms with Crippen LogP contribution in [0.3, 0.4) is 0 Å². The molecule has 2 N–H and O–H groups in total.